The summed E-state index contributed by atoms with van der Waals surface area (Å²) < 4.78 is 16.8. The minimum Gasteiger partial charge on any atom is -0.453 e. The van der Waals surface area contributed by atoms with Crippen LogP contribution < -0.4 is 10.6 Å². The number of Topliss-reactive ketones (excluding diaryl/α,β-unsaturated/α-hetero) is 2. The second-order valence-corrected chi connectivity index (χ2v) is 30.9. The number of hydrogen-bond donors (Lipinski definition) is 2. The van der Waals surface area contributed by atoms with Crippen molar-refractivity contribution in [3.05, 3.63) is 0 Å². The van der Waals surface area contributed by atoms with Gasteiger partial charge in [-0.05, 0) is 114 Å². The van der Waals surface area contributed by atoms with Crippen LogP contribution in [-0.2, 0) is 71.8 Å². The van der Waals surface area contributed by atoms with E-state index in [9.17, 15) is 24.0 Å². The molecule has 0 aromatic rings. The van der Waals surface area contributed by atoms with Crippen molar-refractivity contribution in [3.63, 3.8) is 0 Å². The molecule has 578 valence electrons. The summed E-state index contributed by atoms with van der Waals surface area (Å²) in [7, 11) is 11.8. The Morgan fingerprint density at radius 1 is 0.564 bits per heavy atom. The Labute approximate surface area is 604 Å². The molecule has 0 saturated carbocycles. The van der Waals surface area contributed by atoms with Gasteiger partial charge in [0.15, 0.2) is 17.6 Å². The maximum absolute atomic E-state index is 15.4. The van der Waals surface area contributed by atoms with Crippen molar-refractivity contribution in [2.45, 2.75) is 254 Å². The van der Waals surface area contributed by atoms with Crippen molar-refractivity contribution in [2.75, 3.05) is 102 Å². The monoisotopic (exact) mass is 1430 g/mol. The Hall–Kier alpha value is -6.32. The number of ketones is 2. The smallest absolute Gasteiger partial charge is 0.409 e. The maximum Gasteiger partial charge on any atom is 0.409 e. The van der Waals surface area contributed by atoms with Crippen LogP contribution >= 0.6 is 0 Å². The number of nitrogens with zero attached hydrogens (tertiary/aromatic N) is 9. The normalized spacial score (nSPS) is 27.5. The quantitative estimate of drug-likeness (QED) is 0.112. The maximum atomic E-state index is 15.4. The molecule has 27 heteroatoms. The largest absolute Gasteiger partial charge is 0.453 e. The number of carbonyl (C=O) groups excluding carboxylic acids is 12. The molecule has 0 radical (unpaired) electrons. The second-order valence-electron chi connectivity index (χ2n) is 30.9. The molecule has 0 unspecified atom stereocenters. The van der Waals surface area contributed by atoms with Gasteiger partial charge in [0, 0.05) is 100 Å². The number of carbonyl (C=O) groups is 12. The van der Waals surface area contributed by atoms with Gasteiger partial charge in [-0.25, -0.2) is 9.86 Å². The number of methoxy groups -OCH3 is 1. The molecule has 0 aromatic carbocycles. The standard InChI is InChI=1S/C74H131N11O16/c1-25-55-70(93)78(18)52(15)68(91)83(23)62(53(16)100-36-30-29-33-84-34-37-99-38-35-84)60(87)43-54(47(8)9)69(92)79(19)56(39-44(2)3)59(86)42-50(13)65(88)75-51(14)67(90)80(20)57(40-45(4)5)71(94)81(21)58(41-46(6)7)72(95)82(22)61(48(10)11)73(96)85-63(66(89)76-55)64(101-85)49(12)31-27-26-28-32-77(17)74(97)98-24/h44-58,61-64H,25-43H2,1-24H3,(H,75,88)(H,76,89)/t49-,50-,51-,52-,53-,54+,55+,56+,57+,58+,61+,62+,63+,64-/m1/s1. The molecule has 27 nitrogen and oxygen atoms in total. The number of rotatable bonds is 23. The van der Waals surface area contributed by atoms with Gasteiger partial charge in [0.05, 0.1) is 32.5 Å². The summed E-state index contributed by atoms with van der Waals surface area (Å²) in [4.78, 5) is 195. The second kappa shape index (κ2) is 41.8. The minimum absolute atomic E-state index is 0.0397. The summed E-state index contributed by atoms with van der Waals surface area (Å²) in [6.45, 7) is 32.7. The van der Waals surface area contributed by atoms with Gasteiger partial charge in [-0.2, -0.15) is 0 Å². The predicted octanol–water partition coefficient (Wildman–Crippen LogP) is 5.93. The zero-order chi connectivity index (χ0) is 76.8. The van der Waals surface area contributed by atoms with Crippen LogP contribution in [0.2, 0.25) is 0 Å². The fraction of sp³-hybridized carbons (Fsp3) is 0.838. The van der Waals surface area contributed by atoms with E-state index in [1.165, 1.54) is 97.5 Å². The molecule has 3 fully saturated rings. The van der Waals surface area contributed by atoms with Gasteiger partial charge >= 0.3 is 6.09 Å². The fourth-order valence-electron chi connectivity index (χ4n) is 13.9. The van der Waals surface area contributed by atoms with E-state index < -0.39 is 161 Å². The van der Waals surface area contributed by atoms with Gasteiger partial charge in [0.2, 0.25) is 47.3 Å². The zero-order valence-electron chi connectivity index (χ0n) is 66.0. The van der Waals surface area contributed by atoms with Gasteiger partial charge in [-0.3, -0.25) is 62.5 Å². The topological polar surface area (TPSA) is 295 Å². The number of hydrogen-bond acceptors (Lipinski definition) is 17. The first-order valence-electron chi connectivity index (χ1n) is 37.1. The molecule has 0 bridgehead atoms. The number of amides is 10. The number of nitrogens with one attached hydrogen (secondary N) is 2. The van der Waals surface area contributed by atoms with E-state index >= 15 is 33.6 Å². The molecule has 0 aromatic heterocycles. The number of hydroxylamine groups is 2. The van der Waals surface area contributed by atoms with Crippen molar-refractivity contribution in [2.24, 2.45) is 47.3 Å². The predicted molar refractivity (Wildman–Crippen MR) is 385 cm³/mol. The van der Waals surface area contributed by atoms with Crippen LogP contribution in [-0.4, -0.2) is 284 Å². The Balaban J connectivity index is 2.29. The van der Waals surface area contributed by atoms with Crippen molar-refractivity contribution in [1.82, 2.24) is 54.9 Å². The van der Waals surface area contributed by atoms with Crippen LogP contribution in [0.4, 0.5) is 4.79 Å². The molecule has 3 saturated heterocycles. The van der Waals surface area contributed by atoms with Crippen molar-refractivity contribution < 1.29 is 76.6 Å². The molecule has 101 heavy (non-hydrogen) atoms. The van der Waals surface area contributed by atoms with Gasteiger partial charge in [-0.15, -0.1) is 0 Å². The zero-order valence-corrected chi connectivity index (χ0v) is 66.0. The first-order chi connectivity index (χ1) is 47.2. The van der Waals surface area contributed by atoms with Gasteiger partial charge in [-0.1, -0.05) is 103 Å². The highest BCUT2D eigenvalue weighted by Crippen LogP contribution is 2.35. The molecule has 14 atom stereocenters. The third-order valence-corrected chi connectivity index (χ3v) is 20.5. The van der Waals surface area contributed by atoms with E-state index in [0.29, 0.717) is 51.9 Å². The molecule has 3 heterocycles. The lowest BCUT2D eigenvalue weighted by atomic mass is 9.85. The highest BCUT2D eigenvalue weighted by molar-refractivity contribution is 6.00. The fourth-order valence-corrected chi connectivity index (χ4v) is 13.9. The van der Waals surface area contributed by atoms with E-state index in [-0.39, 0.29) is 68.8 Å². The van der Waals surface area contributed by atoms with E-state index in [1.807, 2.05) is 48.5 Å². The van der Waals surface area contributed by atoms with Crippen LogP contribution in [0.1, 0.15) is 188 Å². The Kier molecular flexibility index (Phi) is 36.8. The first-order valence-corrected chi connectivity index (χ1v) is 37.1. The first kappa shape index (κ1) is 88.9. The molecule has 3 rings (SSSR count). The van der Waals surface area contributed by atoms with Crippen LogP contribution in [0.5, 0.6) is 0 Å². The molecule has 3 aliphatic rings. The highest BCUT2D eigenvalue weighted by Gasteiger charge is 2.55. The van der Waals surface area contributed by atoms with Crippen LogP contribution in [0.25, 0.3) is 0 Å². The van der Waals surface area contributed by atoms with Gasteiger partial charge < -0.3 is 59.1 Å². The van der Waals surface area contributed by atoms with Crippen molar-refractivity contribution in [1.29, 1.82) is 0 Å². The van der Waals surface area contributed by atoms with Crippen molar-refractivity contribution >= 4 is 70.8 Å². The lowest BCUT2D eigenvalue weighted by Gasteiger charge is -2.50. The summed E-state index contributed by atoms with van der Waals surface area (Å²) in [5.41, 5.74) is 0. The molecule has 2 N–H and O–H groups in total. The Bertz CT molecular complexity index is 2760. The molecule has 0 spiro atoms. The minimum atomic E-state index is -1.32. The van der Waals surface area contributed by atoms with Gasteiger partial charge in [0.25, 0.3) is 5.91 Å². The third-order valence-electron chi connectivity index (χ3n) is 20.5. The number of unbranched alkanes of at least 4 members (excludes halogenated alkanes) is 3. The summed E-state index contributed by atoms with van der Waals surface area (Å²) in [5.74, 6) is -10.4. The summed E-state index contributed by atoms with van der Waals surface area (Å²) in [6, 6.07) is -10.9. The number of ether oxygens (including phenoxy) is 3. The Morgan fingerprint density at radius 3 is 1.63 bits per heavy atom. The van der Waals surface area contributed by atoms with Crippen LogP contribution in [0.15, 0.2) is 0 Å². The molecular weight excluding hydrogens is 1300 g/mol. The van der Waals surface area contributed by atoms with Crippen molar-refractivity contribution in [3.8, 4) is 0 Å². The van der Waals surface area contributed by atoms with E-state index in [2.05, 4.69) is 15.5 Å². The summed E-state index contributed by atoms with van der Waals surface area (Å²) in [6.07, 6.45) is 1.62. The molecule has 10 amide bonds. The van der Waals surface area contributed by atoms with E-state index in [0.717, 1.165) is 31.1 Å². The summed E-state index contributed by atoms with van der Waals surface area (Å²) in [5, 5.41) is 6.63. The molecule has 0 aliphatic carbocycles. The van der Waals surface area contributed by atoms with Gasteiger partial charge in [0.1, 0.15) is 48.4 Å². The molecule has 3 aliphatic heterocycles. The molecular formula is C74H131N11O16. The number of fused-ring (bicyclic) bond motifs is 1. The SMILES string of the molecule is CC[C@@H]1NC(=O)[C@@H]2[C@@H]([C@H](C)CCCCCN(C)C(=O)OC)ON2C(=O)[C@H](C(C)C)N(C)C(=O)[C@H](CC(C)C)N(C)C(=O)[C@H](CC(C)C)N(C)C(=O)[C@@H](C)NC(=O)[C@H](C)CC(=O)[C@H](CC(C)C)N(C)C(=O)[C@H](C(C)C)CC(=O)[C@H]([C@@H](C)OCCCCN2CCOCC2)N(C)C(=O)[C@@H](C)N(C)C1=O. The highest BCUT2D eigenvalue weighted by atomic mass is 16.7. The lowest BCUT2D eigenvalue weighted by Crippen LogP contribution is -2.72. The van der Waals surface area contributed by atoms with Crippen LogP contribution in [0.3, 0.4) is 0 Å². The number of morpholine rings is 1. The van der Waals surface area contributed by atoms with E-state index in [4.69, 9.17) is 19.0 Å². The average molecular weight is 1430 g/mol. The van der Waals surface area contributed by atoms with E-state index in [1.54, 1.807) is 55.5 Å². The third kappa shape index (κ3) is 24.9. The number of likely N-dealkylation sites (N-methyl/N-ethyl adjacent to an activating group) is 6. The Morgan fingerprint density at radius 2 is 1.10 bits per heavy atom. The average Bonchev–Trinajstić information content (AvgIpc) is 0.754. The lowest BCUT2D eigenvalue weighted by molar-refractivity contribution is -0.322. The van der Waals surface area contributed by atoms with Crippen LogP contribution in [0, 0.1) is 47.3 Å². The summed E-state index contributed by atoms with van der Waals surface area (Å²) >= 11 is 0.